The van der Waals surface area contributed by atoms with Crippen molar-refractivity contribution < 1.29 is 51.5 Å². The average Bonchev–Trinajstić information content (AvgIpc) is 2.28. The van der Waals surface area contributed by atoms with Crippen LogP contribution in [-0.2, 0) is 20.2 Å². The lowest BCUT2D eigenvalue weighted by atomic mass is 10.5. The Morgan fingerprint density at radius 2 is 1.00 bits per heavy atom. The van der Waals surface area contributed by atoms with Crippen molar-refractivity contribution in [3.63, 3.8) is 0 Å². The standard InChI is InChI=1S/C6H2F6N2O6S2/c7-5(8,9)21(15,16)19-3-1-2-4(14-13-3)20-22(17,18)6(10,11)12/h1-2H. The molecular weight excluding hydrogens is 374 g/mol. The summed E-state index contributed by atoms with van der Waals surface area (Å²) in [5.41, 5.74) is -11.5. The highest BCUT2D eigenvalue weighted by molar-refractivity contribution is 7.88. The Hall–Kier alpha value is -1.84. The van der Waals surface area contributed by atoms with Crippen LogP contribution in [-0.4, -0.2) is 38.0 Å². The lowest BCUT2D eigenvalue weighted by molar-refractivity contribution is -0.0508. The molecule has 0 atom stereocenters. The van der Waals surface area contributed by atoms with Gasteiger partial charge >= 0.3 is 31.3 Å². The second kappa shape index (κ2) is 5.41. The van der Waals surface area contributed by atoms with Crippen LogP contribution in [0.2, 0.25) is 0 Å². The van der Waals surface area contributed by atoms with E-state index < -0.39 is 43.0 Å². The Kier molecular flexibility index (Phi) is 4.48. The molecule has 0 radical (unpaired) electrons. The van der Waals surface area contributed by atoms with E-state index in [0.717, 1.165) is 0 Å². The van der Waals surface area contributed by atoms with Gasteiger partial charge in [-0.05, 0) is 0 Å². The van der Waals surface area contributed by atoms with Crippen LogP contribution in [0.1, 0.15) is 0 Å². The summed E-state index contributed by atoms with van der Waals surface area (Å²) in [6.07, 6.45) is 0. The molecule has 1 aromatic heterocycles. The highest BCUT2D eigenvalue weighted by Gasteiger charge is 2.50. The second-order valence-corrected chi connectivity index (χ2v) is 6.25. The monoisotopic (exact) mass is 376 g/mol. The highest BCUT2D eigenvalue weighted by Crippen LogP contribution is 2.28. The molecule has 126 valence electrons. The van der Waals surface area contributed by atoms with E-state index in [9.17, 15) is 43.2 Å². The normalized spacial score (nSPS) is 13.7. The molecule has 0 aliphatic carbocycles. The highest BCUT2D eigenvalue weighted by atomic mass is 32.2. The van der Waals surface area contributed by atoms with Crippen molar-refractivity contribution in [2.75, 3.05) is 0 Å². The van der Waals surface area contributed by atoms with Gasteiger partial charge in [-0.15, -0.1) is 10.2 Å². The average molecular weight is 376 g/mol. The van der Waals surface area contributed by atoms with E-state index in [0.29, 0.717) is 12.1 Å². The molecule has 1 heterocycles. The summed E-state index contributed by atoms with van der Waals surface area (Å²) in [4.78, 5) is 0. The molecule has 0 unspecified atom stereocenters. The fourth-order valence-corrected chi connectivity index (χ4v) is 1.53. The van der Waals surface area contributed by atoms with E-state index in [1.807, 2.05) is 0 Å². The van der Waals surface area contributed by atoms with Gasteiger partial charge in [0.2, 0.25) is 0 Å². The molecule has 0 amide bonds. The Labute approximate surface area is 117 Å². The molecule has 0 fully saturated rings. The van der Waals surface area contributed by atoms with Gasteiger partial charge in [-0.25, -0.2) is 0 Å². The number of halogens is 6. The summed E-state index contributed by atoms with van der Waals surface area (Å²) in [7, 11) is -12.1. The molecule has 1 rings (SSSR count). The number of hydrogen-bond donors (Lipinski definition) is 0. The first-order valence-corrected chi connectivity index (χ1v) is 7.32. The molecule has 0 saturated heterocycles. The van der Waals surface area contributed by atoms with E-state index in [1.165, 1.54) is 0 Å². The fraction of sp³-hybridized carbons (Fsp3) is 0.333. The van der Waals surface area contributed by atoms with Gasteiger partial charge in [0, 0.05) is 12.1 Å². The molecule has 16 heteroatoms. The number of rotatable bonds is 4. The first kappa shape index (κ1) is 18.2. The number of hydrogen-bond acceptors (Lipinski definition) is 8. The minimum absolute atomic E-state index is 0.303. The molecule has 0 saturated carbocycles. The van der Waals surface area contributed by atoms with Gasteiger partial charge in [0.1, 0.15) is 0 Å². The van der Waals surface area contributed by atoms with Gasteiger partial charge < -0.3 is 8.37 Å². The molecule has 22 heavy (non-hydrogen) atoms. The lowest BCUT2D eigenvalue weighted by Crippen LogP contribution is -2.29. The predicted molar refractivity (Wildman–Crippen MR) is 53.2 cm³/mol. The van der Waals surface area contributed by atoms with Gasteiger partial charge in [-0.1, -0.05) is 0 Å². The second-order valence-electron chi connectivity index (χ2n) is 3.18. The number of aromatic nitrogens is 2. The smallest absolute Gasteiger partial charge is 0.354 e. The van der Waals surface area contributed by atoms with Crippen LogP contribution in [0, 0.1) is 0 Å². The van der Waals surface area contributed by atoms with Crippen LogP contribution in [0.15, 0.2) is 12.1 Å². The van der Waals surface area contributed by atoms with Crippen molar-refractivity contribution in [1.82, 2.24) is 10.2 Å². The SMILES string of the molecule is O=S(=O)(Oc1ccc(OS(=O)(=O)C(F)(F)F)nn1)C(F)(F)F. The van der Waals surface area contributed by atoms with Crippen LogP contribution < -0.4 is 8.37 Å². The minimum atomic E-state index is -6.06. The molecule has 1 aromatic rings. The zero-order valence-electron chi connectivity index (χ0n) is 9.58. The molecule has 8 nitrogen and oxygen atoms in total. The summed E-state index contributed by atoms with van der Waals surface area (Å²) in [5.74, 6) is -2.54. The van der Waals surface area contributed by atoms with Crippen molar-refractivity contribution in [2.24, 2.45) is 0 Å². The van der Waals surface area contributed by atoms with Crippen LogP contribution in [0.5, 0.6) is 11.8 Å². The third kappa shape index (κ3) is 4.09. The van der Waals surface area contributed by atoms with Crippen LogP contribution in [0.25, 0.3) is 0 Å². The molecule has 0 aliphatic rings. The van der Waals surface area contributed by atoms with Crippen LogP contribution in [0.3, 0.4) is 0 Å². The Morgan fingerprint density at radius 3 is 1.18 bits per heavy atom. The number of alkyl halides is 6. The fourth-order valence-electron chi connectivity index (χ4n) is 0.716. The van der Waals surface area contributed by atoms with Crippen LogP contribution >= 0.6 is 0 Å². The molecule has 0 bridgehead atoms. The quantitative estimate of drug-likeness (QED) is 0.433. The van der Waals surface area contributed by atoms with E-state index >= 15 is 0 Å². The minimum Gasteiger partial charge on any atom is -0.354 e. The van der Waals surface area contributed by atoms with E-state index in [4.69, 9.17) is 0 Å². The lowest BCUT2D eigenvalue weighted by Gasteiger charge is -2.09. The number of nitrogens with zero attached hydrogens (tertiary/aromatic N) is 2. The zero-order chi connectivity index (χ0) is 17.4. The predicted octanol–water partition coefficient (Wildman–Crippen LogP) is 0.933. The Balaban J connectivity index is 2.94. The third-order valence-electron chi connectivity index (χ3n) is 1.57. The van der Waals surface area contributed by atoms with Gasteiger partial charge in [0.15, 0.2) is 0 Å². The van der Waals surface area contributed by atoms with Crippen LogP contribution in [0.4, 0.5) is 26.3 Å². The first-order valence-electron chi connectivity index (χ1n) is 4.51. The maximum absolute atomic E-state index is 12.0. The van der Waals surface area contributed by atoms with Crippen molar-refractivity contribution >= 4 is 20.2 Å². The van der Waals surface area contributed by atoms with Gasteiger partial charge in [-0.3, -0.25) is 0 Å². The van der Waals surface area contributed by atoms with Gasteiger partial charge in [0.25, 0.3) is 11.8 Å². The Morgan fingerprint density at radius 1 is 0.727 bits per heavy atom. The summed E-state index contributed by atoms with van der Waals surface area (Å²) in [6.45, 7) is 0. The van der Waals surface area contributed by atoms with Crippen molar-refractivity contribution in [3.8, 4) is 11.8 Å². The Bertz CT molecular complexity index is 672. The molecular formula is C6H2F6N2O6S2. The first-order chi connectivity index (χ1) is 9.66. The summed E-state index contributed by atoms with van der Waals surface area (Å²) < 4.78 is 121. The maximum Gasteiger partial charge on any atom is 0.534 e. The van der Waals surface area contributed by atoms with Crippen molar-refractivity contribution in [3.05, 3.63) is 12.1 Å². The summed E-state index contributed by atoms with van der Waals surface area (Å²) in [6, 6.07) is 0.606. The zero-order valence-corrected chi connectivity index (χ0v) is 11.2. The largest absolute Gasteiger partial charge is 0.534 e. The van der Waals surface area contributed by atoms with E-state index in [-0.39, 0.29) is 0 Å². The molecule has 0 aliphatic heterocycles. The summed E-state index contributed by atoms with van der Waals surface area (Å²) in [5, 5.41) is 5.27. The summed E-state index contributed by atoms with van der Waals surface area (Å²) >= 11 is 0. The molecule has 0 aromatic carbocycles. The van der Waals surface area contributed by atoms with Gasteiger partial charge in [0.05, 0.1) is 0 Å². The third-order valence-corrected chi connectivity index (χ3v) is 3.49. The maximum atomic E-state index is 12.0. The molecule has 0 N–H and O–H groups in total. The topological polar surface area (TPSA) is 113 Å². The molecule has 0 spiro atoms. The van der Waals surface area contributed by atoms with Crippen molar-refractivity contribution in [1.29, 1.82) is 0 Å². The van der Waals surface area contributed by atoms with Gasteiger partial charge in [-0.2, -0.15) is 43.2 Å². The van der Waals surface area contributed by atoms with E-state index in [2.05, 4.69) is 18.6 Å². The van der Waals surface area contributed by atoms with Crippen molar-refractivity contribution in [2.45, 2.75) is 11.0 Å². The van der Waals surface area contributed by atoms with E-state index in [1.54, 1.807) is 0 Å².